The number of rotatable bonds is 17. The maximum Gasteiger partial charge on any atom is 0.0532 e. The molecule has 0 unspecified atom stereocenters. The van der Waals surface area contributed by atoms with Crippen molar-refractivity contribution >= 4 is 0 Å². The lowest BCUT2D eigenvalue weighted by molar-refractivity contribution is -0.0214. The molecule has 0 aromatic rings. The van der Waals surface area contributed by atoms with Crippen molar-refractivity contribution in [2.45, 2.75) is 77.6 Å². The molecular formula is C18H38O4. The molecule has 0 atom stereocenters. The van der Waals surface area contributed by atoms with Crippen LogP contribution >= 0.6 is 0 Å². The summed E-state index contributed by atoms with van der Waals surface area (Å²) in [6.07, 6.45) is 13.6. The van der Waals surface area contributed by atoms with Gasteiger partial charge >= 0.3 is 0 Å². The Morgan fingerprint density at radius 2 is 1.09 bits per heavy atom. The van der Waals surface area contributed by atoms with Gasteiger partial charge in [0, 0.05) is 18.6 Å². The van der Waals surface area contributed by atoms with Crippen LogP contribution in [0.25, 0.3) is 0 Å². The Morgan fingerprint density at radius 3 is 1.55 bits per heavy atom. The van der Waals surface area contributed by atoms with E-state index in [0.29, 0.717) is 13.0 Å². The zero-order valence-electron chi connectivity index (χ0n) is 14.6. The summed E-state index contributed by atoms with van der Waals surface area (Å²) in [6, 6.07) is 0. The summed E-state index contributed by atoms with van der Waals surface area (Å²) in [5.74, 6) is 0. The minimum absolute atomic E-state index is 0.207. The molecule has 0 spiro atoms. The zero-order valence-corrected chi connectivity index (χ0v) is 14.6. The molecular weight excluding hydrogens is 280 g/mol. The zero-order chi connectivity index (χ0) is 16.5. The molecule has 0 aliphatic rings. The summed E-state index contributed by atoms with van der Waals surface area (Å²) in [5, 5.41) is 27.6. The standard InChI is InChI=1S/C18H38O4/c1-2-3-4-5-6-7-8-9-10-11-13-22-14-12-18(15-19,16-20)17-21/h19-21H,2-17H2,1H3. The topological polar surface area (TPSA) is 69.9 Å². The predicted molar refractivity (Wildman–Crippen MR) is 91.0 cm³/mol. The van der Waals surface area contributed by atoms with Gasteiger partial charge in [-0.2, -0.15) is 0 Å². The first-order valence-electron chi connectivity index (χ1n) is 9.15. The molecule has 4 nitrogen and oxygen atoms in total. The Labute approximate surface area is 136 Å². The lowest BCUT2D eigenvalue weighted by Gasteiger charge is -2.26. The minimum atomic E-state index is -0.794. The van der Waals surface area contributed by atoms with Gasteiger partial charge in [-0.3, -0.25) is 0 Å². The van der Waals surface area contributed by atoms with Crippen LogP contribution in [0.15, 0.2) is 0 Å². The van der Waals surface area contributed by atoms with Crippen molar-refractivity contribution in [3.05, 3.63) is 0 Å². The Balaban J connectivity index is 3.27. The molecule has 0 bridgehead atoms. The molecule has 0 rings (SSSR count). The third-order valence-electron chi connectivity index (χ3n) is 4.43. The van der Waals surface area contributed by atoms with Gasteiger partial charge < -0.3 is 20.1 Å². The number of unbranched alkanes of at least 4 members (excludes halogenated alkanes) is 9. The first-order valence-corrected chi connectivity index (χ1v) is 9.15. The SMILES string of the molecule is CCCCCCCCCCCCOCCC(CO)(CO)CO. The second kappa shape index (κ2) is 15.7. The fourth-order valence-corrected chi connectivity index (χ4v) is 2.47. The van der Waals surface area contributed by atoms with Crippen LogP contribution in [-0.4, -0.2) is 48.4 Å². The third-order valence-corrected chi connectivity index (χ3v) is 4.43. The van der Waals surface area contributed by atoms with Gasteiger partial charge in [0.25, 0.3) is 0 Å². The van der Waals surface area contributed by atoms with E-state index in [-0.39, 0.29) is 19.8 Å². The highest BCUT2D eigenvalue weighted by Crippen LogP contribution is 2.19. The van der Waals surface area contributed by atoms with E-state index in [1.807, 2.05) is 0 Å². The van der Waals surface area contributed by atoms with Gasteiger partial charge in [-0.1, -0.05) is 64.7 Å². The quantitative estimate of drug-likeness (QED) is 0.360. The Bertz CT molecular complexity index is 209. The first kappa shape index (κ1) is 21.8. The number of aliphatic hydroxyl groups is 3. The Hall–Kier alpha value is -0.160. The van der Waals surface area contributed by atoms with E-state index in [0.717, 1.165) is 13.0 Å². The van der Waals surface area contributed by atoms with Gasteiger partial charge in [0.05, 0.1) is 19.8 Å². The van der Waals surface area contributed by atoms with Gasteiger partial charge in [0.15, 0.2) is 0 Å². The highest BCUT2D eigenvalue weighted by atomic mass is 16.5. The average Bonchev–Trinajstić information content (AvgIpc) is 2.56. The molecule has 0 aromatic heterocycles. The molecule has 22 heavy (non-hydrogen) atoms. The maximum atomic E-state index is 9.19. The summed E-state index contributed by atoms with van der Waals surface area (Å²) in [4.78, 5) is 0. The van der Waals surface area contributed by atoms with Crippen LogP contribution in [0.4, 0.5) is 0 Å². The predicted octanol–water partition coefficient (Wildman–Crippen LogP) is 3.28. The maximum absolute atomic E-state index is 9.19. The van der Waals surface area contributed by atoms with Gasteiger partial charge in [-0.15, -0.1) is 0 Å². The molecule has 0 aliphatic heterocycles. The summed E-state index contributed by atoms with van der Waals surface area (Å²) in [5.41, 5.74) is -0.794. The molecule has 0 saturated heterocycles. The minimum Gasteiger partial charge on any atom is -0.396 e. The highest BCUT2D eigenvalue weighted by Gasteiger charge is 2.27. The summed E-state index contributed by atoms with van der Waals surface area (Å²) in [7, 11) is 0. The molecule has 4 heteroatoms. The van der Waals surface area contributed by atoms with E-state index in [2.05, 4.69) is 6.92 Å². The van der Waals surface area contributed by atoms with Crippen molar-refractivity contribution in [1.29, 1.82) is 0 Å². The lowest BCUT2D eigenvalue weighted by atomic mass is 9.88. The van der Waals surface area contributed by atoms with Crippen molar-refractivity contribution in [2.24, 2.45) is 5.41 Å². The van der Waals surface area contributed by atoms with E-state index < -0.39 is 5.41 Å². The average molecular weight is 318 g/mol. The van der Waals surface area contributed by atoms with Gasteiger partial charge in [-0.05, 0) is 12.8 Å². The first-order chi connectivity index (χ1) is 10.7. The van der Waals surface area contributed by atoms with Crippen LogP contribution in [0.5, 0.6) is 0 Å². The van der Waals surface area contributed by atoms with E-state index in [1.165, 1.54) is 57.8 Å². The Kier molecular flexibility index (Phi) is 15.6. The van der Waals surface area contributed by atoms with Crippen LogP contribution in [0.2, 0.25) is 0 Å². The Morgan fingerprint density at radius 1 is 0.636 bits per heavy atom. The van der Waals surface area contributed by atoms with E-state index in [1.54, 1.807) is 0 Å². The molecule has 3 N–H and O–H groups in total. The third kappa shape index (κ3) is 11.4. The second-order valence-electron chi connectivity index (χ2n) is 6.52. The van der Waals surface area contributed by atoms with Gasteiger partial charge in [0.1, 0.15) is 0 Å². The monoisotopic (exact) mass is 318 g/mol. The lowest BCUT2D eigenvalue weighted by Crippen LogP contribution is -2.35. The fraction of sp³-hybridized carbons (Fsp3) is 1.00. The molecule has 0 radical (unpaired) electrons. The number of hydrogen-bond donors (Lipinski definition) is 3. The normalized spacial score (nSPS) is 12.0. The number of ether oxygens (including phenoxy) is 1. The molecule has 0 aromatic carbocycles. The molecule has 0 heterocycles. The number of hydrogen-bond acceptors (Lipinski definition) is 4. The van der Waals surface area contributed by atoms with E-state index in [9.17, 15) is 15.3 Å². The van der Waals surface area contributed by atoms with Crippen molar-refractivity contribution < 1.29 is 20.1 Å². The van der Waals surface area contributed by atoms with Crippen molar-refractivity contribution in [1.82, 2.24) is 0 Å². The van der Waals surface area contributed by atoms with Crippen LogP contribution in [-0.2, 0) is 4.74 Å². The highest BCUT2D eigenvalue weighted by molar-refractivity contribution is 4.76. The molecule has 0 saturated carbocycles. The summed E-state index contributed by atoms with van der Waals surface area (Å²) >= 11 is 0. The van der Waals surface area contributed by atoms with Crippen molar-refractivity contribution in [3.63, 3.8) is 0 Å². The number of aliphatic hydroxyl groups excluding tert-OH is 3. The van der Waals surface area contributed by atoms with Crippen LogP contribution in [0.1, 0.15) is 77.6 Å². The smallest absolute Gasteiger partial charge is 0.0532 e. The summed E-state index contributed by atoms with van der Waals surface area (Å²) < 4.78 is 5.53. The van der Waals surface area contributed by atoms with E-state index in [4.69, 9.17) is 4.74 Å². The summed E-state index contributed by atoms with van der Waals surface area (Å²) in [6.45, 7) is 2.85. The molecule has 0 aliphatic carbocycles. The fourth-order valence-electron chi connectivity index (χ4n) is 2.47. The van der Waals surface area contributed by atoms with Crippen LogP contribution in [0.3, 0.4) is 0 Å². The molecule has 0 fully saturated rings. The van der Waals surface area contributed by atoms with Crippen molar-refractivity contribution in [2.75, 3.05) is 33.0 Å². The van der Waals surface area contributed by atoms with Crippen LogP contribution < -0.4 is 0 Å². The molecule has 0 amide bonds. The van der Waals surface area contributed by atoms with Crippen molar-refractivity contribution in [3.8, 4) is 0 Å². The van der Waals surface area contributed by atoms with E-state index >= 15 is 0 Å². The van der Waals surface area contributed by atoms with Gasteiger partial charge in [-0.25, -0.2) is 0 Å². The van der Waals surface area contributed by atoms with Gasteiger partial charge in [0.2, 0.25) is 0 Å². The molecule has 134 valence electrons. The van der Waals surface area contributed by atoms with Crippen LogP contribution in [0, 0.1) is 5.41 Å². The largest absolute Gasteiger partial charge is 0.396 e. The second-order valence-corrected chi connectivity index (χ2v) is 6.52.